The third-order valence-electron chi connectivity index (χ3n) is 3.40. The lowest BCUT2D eigenvalue weighted by molar-refractivity contribution is 0.0555. The minimum atomic E-state index is -0.992. The molecule has 0 aliphatic rings. The van der Waals surface area contributed by atoms with Crippen LogP contribution in [0.1, 0.15) is 37.9 Å². The number of esters is 2. The van der Waals surface area contributed by atoms with Crippen molar-refractivity contribution in [3.05, 3.63) is 64.7 Å². The minimum absolute atomic E-state index is 0.0276. The van der Waals surface area contributed by atoms with Crippen LogP contribution in [-0.4, -0.2) is 31.3 Å². The van der Waals surface area contributed by atoms with E-state index in [2.05, 4.69) is 9.47 Å². The Morgan fingerprint density at radius 1 is 0.957 bits per heavy atom. The molecule has 0 amide bonds. The molecule has 2 aromatic carbocycles. The minimum Gasteiger partial charge on any atom is -0.465 e. The monoisotopic (exact) mass is 315 g/mol. The van der Waals surface area contributed by atoms with Crippen molar-refractivity contribution in [1.29, 1.82) is 0 Å². The lowest BCUT2D eigenvalue weighted by atomic mass is 9.96. The van der Waals surface area contributed by atoms with Gasteiger partial charge in [-0.2, -0.15) is 0 Å². The second-order valence-corrected chi connectivity index (χ2v) is 4.86. The fourth-order valence-electron chi connectivity index (χ4n) is 2.22. The van der Waals surface area contributed by atoms with Crippen LogP contribution < -0.4 is 5.73 Å². The van der Waals surface area contributed by atoms with Gasteiger partial charge in [-0.05, 0) is 35.4 Å². The van der Waals surface area contributed by atoms with E-state index in [1.165, 1.54) is 26.4 Å². The van der Waals surface area contributed by atoms with Gasteiger partial charge in [-0.25, -0.2) is 9.59 Å². The highest BCUT2D eigenvalue weighted by Gasteiger charge is 2.21. The van der Waals surface area contributed by atoms with Gasteiger partial charge in [-0.1, -0.05) is 18.2 Å². The van der Waals surface area contributed by atoms with Gasteiger partial charge in [-0.3, -0.25) is 0 Å². The van der Waals surface area contributed by atoms with Gasteiger partial charge in [0.2, 0.25) is 0 Å². The lowest BCUT2D eigenvalue weighted by Crippen LogP contribution is -2.13. The Kier molecular flexibility index (Phi) is 4.98. The summed E-state index contributed by atoms with van der Waals surface area (Å²) in [5, 5.41) is 10.5. The number of carbonyl (C=O) groups excluding carboxylic acids is 2. The van der Waals surface area contributed by atoms with E-state index in [0.717, 1.165) is 0 Å². The summed E-state index contributed by atoms with van der Waals surface area (Å²) >= 11 is 0. The van der Waals surface area contributed by atoms with E-state index in [0.29, 0.717) is 16.8 Å². The van der Waals surface area contributed by atoms with Crippen LogP contribution in [0.4, 0.5) is 5.69 Å². The van der Waals surface area contributed by atoms with Crippen LogP contribution in [0.15, 0.2) is 42.5 Å². The summed E-state index contributed by atoms with van der Waals surface area (Å²) in [5.74, 6) is -1.34. The molecule has 2 aromatic rings. The van der Waals surface area contributed by atoms with E-state index in [1.54, 1.807) is 30.3 Å². The summed E-state index contributed by atoms with van der Waals surface area (Å²) in [6, 6.07) is 11.2. The highest BCUT2D eigenvalue weighted by molar-refractivity contribution is 6.03. The van der Waals surface area contributed by atoms with E-state index < -0.39 is 18.0 Å². The van der Waals surface area contributed by atoms with Crippen LogP contribution in [0.25, 0.3) is 0 Å². The first kappa shape index (κ1) is 16.5. The summed E-state index contributed by atoms with van der Waals surface area (Å²) in [4.78, 5) is 23.6. The van der Waals surface area contributed by atoms with Crippen molar-refractivity contribution >= 4 is 17.6 Å². The molecule has 0 heterocycles. The molecule has 1 unspecified atom stereocenters. The van der Waals surface area contributed by atoms with Crippen LogP contribution in [0.5, 0.6) is 0 Å². The van der Waals surface area contributed by atoms with Crippen molar-refractivity contribution in [3.8, 4) is 0 Å². The first-order valence-corrected chi connectivity index (χ1v) is 6.82. The van der Waals surface area contributed by atoms with E-state index in [1.807, 2.05) is 0 Å². The van der Waals surface area contributed by atoms with Crippen molar-refractivity contribution in [1.82, 2.24) is 0 Å². The van der Waals surface area contributed by atoms with E-state index >= 15 is 0 Å². The van der Waals surface area contributed by atoms with E-state index in [4.69, 9.17) is 5.73 Å². The van der Waals surface area contributed by atoms with E-state index in [9.17, 15) is 14.7 Å². The lowest BCUT2D eigenvalue weighted by Gasteiger charge is -2.14. The molecule has 0 saturated heterocycles. The highest BCUT2D eigenvalue weighted by atomic mass is 16.5. The predicted molar refractivity (Wildman–Crippen MR) is 84.0 cm³/mol. The Labute approximate surface area is 133 Å². The fourth-order valence-corrected chi connectivity index (χ4v) is 2.22. The van der Waals surface area contributed by atoms with E-state index in [-0.39, 0.29) is 11.1 Å². The number of hydrogen-bond acceptors (Lipinski definition) is 6. The van der Waals surface area contributed by atoms with Gasteiger partial charge in [0.05, 0.1) is 25.3 Å². The maximum atomic E-state index is 11.9. The first-order valence-electron chi connectivity index (χ1n) is 6.82. The summed E-state index contributed by atoms with van der Waals surface area (Å²) in [6.45, 7) is 0. The molecule has 120 valence electrons. The van der Waals surface area contributed by atoms with Gasteiger partial charge in [0.15, 0.2) is 0 Å². The van der Waals surface area contributed by atoms with Crippen molar-refractivity contribution in [2.24, 2.45) is 0 Å². The second kappa shape index (κ2) is 6.93. The zero-order valence-corrected chi connectivity index (χ0v) is 12.8. The zero-order chi connectivity index (χ0) is 17.0. The van der Waals surface area contributed by atoms with Crippen LogP contribution in [0, 0.1) is 0 Å². The van der Waals surface area contributed by atoms with Gasteiger partial charge in [0.25, 0.3) is 0 Å². The van der Waals surface area contributed by atoms with Gasteiger partial charge in [0.1, 0.15) is 6.10 Å². The molecule has 0 spiro atoms. The fraction of sp³-hybridized carbons (Fsp3) is 0.176. The number of rotatable bonds is 4. The molecule has 0 aliphatic carbocycles. The molecular formula is C17H17NO5. The first-order chi connectivity index (χ1) is 11.0. The summed E-state index contributed by atoms with van der Waals surface area (Å²) in [7, 11) is 2.43. The average molecular weight is 315 g/mol. The molecular weight excluding hydrogens is 298 g/mol. The smallest absolute Gasteiger partial charge is 0.338 e. The standard InChI is InChI=1S/C17H17NO5/c1-22-16(20)13-7-6-11(9-14(13)17(21)23-2)15(19)10-4-3-5-12(18)8-10/h3-9,15,19H,18H2,1-2H3. The Hall–Kier alpha value is -2.86. The molecule has 0 bridgehead atoms. The Morgan fingerprint density at radius 2 is 1.57 bits per heavy atom. The number of benzene rings is 2. The SMILES string of the molecule is COC(=O)c1ccc(C(O)c2cccc(N)c2)cc1C(=O)OC. The average Bonchev–Trinajstić information content (AvgIpc) is 2.59. The van der Waals surface area contributed by atoms with Crippen LogP contribution in [-0.2, 0) is 9.47 Å². The maximum Gasteiger partial charge on any atom is 0.338 e. The number of carbonyl (C=O) groups is 2. The summed E-state index contributed by atoms with van der Waals surface area (Å²) in [6.07, 6.45) is -0.992. The number of aliphatic hydroxyl groups is 1. The molecule has 6 nitrogen and oxygen atoms in total. The Balaban J connectivity index is 2.48. The normalized spacial score (nSPS) is 11.6. The van der Waals surface area contributed by atoms with Gasteiger partial charge in [-0.15, -0.1) is 0 Å². The third-order valence-corrected chi connectivity index (χ3v) is 3.40. The number of nitrogens with two attached hydrogens (primary N) is 1. The number of aliphatic hydroxyl groups excluding tert-OH is 1. The highest BCUT2D eigenvalue weighted by Crippen LogP contribution is 2.26. The number of hydrogen-bond donors (Lipinski definition) is 2. The number of methoxy groups -OCH3 is 2. The molecule has 0 aliphatic heterocycles. The van der Waals surface area contributed by atoms with Crippen molar-refractivity contribution in [2.75, 3.05) is 20.0 Å². The molecule has 0 aromatic heterocycles. The van der Waals surface area contributed by atoms with Crippen molar-refractivity contribution in [2.45, 2.75) is 6.10 Å². The van der Waals surface area contributed by atoms with Crippen LogP contribution in [0.2, 0.25) is 0 Å². The van der Waals surface area contributed by atoms with Crippen molar-refractivity contribution < 1.29 is 24.2 Å². The number of nitrogen functional groups attached to an aromatic ring is 1. The Morgan fingerprint density at radius 3 is 2.17 bits per heavy atom. The zero-order valence-electron chi connectivity index (χ0n) is 12.8. The molecule has 3 N–H and O–H groups in total. The quantitative estimate of drug-likeness (QED) is 0.660. The van der Waals surface area contributed by atoms with Crippen LogP contribution >= 0.6 is 0 Å². The predicted octanol–water partition coefficient (Wildman–Crippen LogP) is 1.92. The van der Waals surface area contributed by atoms with Gasteiger partial charge >= 0.3 is 11.9 Å². The van der Waals surface area contributed by atoms with Gasteiger partial charge in [0, 0.05) is 5.69 Å². The number of anilines is 1. The maximum absolute atomic E-state index is 11.9. The van der Waals surface area contributed by atoms with Crippen molar-refractivity contribution in [3.63, 3.8) is 0 Å². The molecule has 1 atom stereocenters. The summed E-state index contributed by atoms with van der Waals surface area (Å²) < 4.78 is 9.33. The third kappa shape index (κ3) is 3.49. The molecule has 0 fully saturated rings. The number of ether oxygens (including phenoxy) is 2. The molecule has 0 saturated carbocycles. The molecule has 2 rings (SSSR count). The largest absolute Gasteiger partial charge is 0.465 e. The molecule has 6 heteroatoms. The van der Waals surface area contributed by atoms with Gasteiger partial charge < -0.3 is 20.3 Å². The van der Waals surface area contributed by atoms with Crippen LogP contribution in [0.3, 0.4) is 0 Å². The second-order valence-electron chi connectivity index (χ2n) is 4.86. The Bertz CT molecular complexity index is 742. The summed E-state index contributed by atoms with van der Waals surface area (Å²) in [5.41, 5.74) is 7.33. The molecule has 0 radical (unpaired) electrons. The topological polar surface area (TPSA) is 98.9 Å². The molecule has 23 heavy (non-hydrogen) atoms.